The Labute approximate surface area is 84.1 Å². The minimum absolute atomic E-state index is 1.05. The quantitative estimate of drug-likeness (QED) is 0.607. The minimum Gasteiger partial charge on any atom is -0.313 e. The molecular formula is C9H25N3Si. The SMILES string of the molecule is CCC[Si](NCC)(NCC)N(C)C. The van der Waals surface area contributed by atoms with Gasteiger partial charge in [-0.2, -0.15) is 0 Å². The van der Waals surface area contributed by atoms with Crippen LogP contribution in [0.25, 0.3) is 0 Å². The van der Waals surface area contributed by atoms with Crippen LogP contribution >= 0.6 is 0 Å². The van der Waals surface area contributed by atoms with Crippen molar-refractivity contribution in [2.24, 2.45) is 0 Å². The summed E-state index contributed by atoms with van der Waals surface area (Å²) in [7, 11) is 2.81. The molecule has 0 aliphatic rings. The van der Waals surface area contributed by atoms with E-state index in [2.05, 4.69) is 49.4 Å². The molecule has 0 amide bonds. The van der Waals surface area contributed by atoms with Crippen molar-refractivity contribution in [1.82, 2.24) is 14.5 Å². The molecule has 0 rings (SSSR count). The lowest BCUT2D eigenvalue weighted by atomic mass is 10.6. The molecule has 0 aromatic carbocycles. The average molecular weight is 203 g/mol. The van der Waals surface area contributed by atoms with Gasteiger partial charge in [-0.3, -0.25) is 0 Å². The third kappa shape index (κ3) is 3.77. The van der Waals surface area contributed by atoms with Crippen LogP contribution in [0.5, 0.6) is 0 Å². The normalized spacial score (nSPS) is 12.5. The van der Waals surface area contributed by atoms with Gasteiger partial charge in [0.1, 0.15) is 0 Å². The third-order valence-corrected chi connectivity index (χ3v) is 6.94. The van der Waals surface area contributed by atoms with E-state index in [1.807, 2.05) is 0 Å². The predicted octanol–water partition coefficient (Wildman–Crippen LogP) is 1.12. The smallest absolute Gasteiger partial charge is 0.283 e. The summed E-state index contributed by atoms with van der Waals surface area (Å²) in [6, 6.07) is 1.27. The highest BCUT2D eigenvalue weighted by Crippen LogP contribution is 2.07. The maximum absolute atomic E-state index is 3.65. The van der Waals surface area contributed by atoms with Crippen molar-refractivity contribution in [2.75, 3.05) is 27.2 Å². The van der Waals surface area contributed by atoms with Crippen LogP contribution in [0.3, 0.4) is 0 Å². The Kier molecular flexibility index (Phi) is 6.58. The highest BCUT2D eigenvalue weighted by atomic mass is 28.4. The Bertz CT molecular complexity index is 111. The molecule has 0 saturated carbocycles. The average Bonchev–Trinajstić information content (AvgIpc) is 2.05. The molecule has 0 saturated heterocycles. The van der Waals surface area contributed by atoms with E-state index in [4.69, 9.17) is 0 Å². The molecule has 13 heavy (non-hydrogen) atoms. The second-order valence-electron chi connectivity index (χ2n) is 3.57. The Morgan fingerprint density at radius 1 is 1.00 bits per heavy atom. The first kappa shape index (κ1) is 13.1. The van der Waals surface area contributed by atoms with Crippen LogP contribution in [0.1, 0.15) is 27.2 Å². The number of hydrogen-bond acceptors (Lipinski definition) is 3. The number of nitrogens with zero attached hydrogens (tertiary/aromatic N) is 1. The van der Waals surface area contributed by atoms with E-state index in [1.165, 1.54) is 12.5 Å². The summed E-state index contributed by atoms with van der Waals surface area (Å²) >= 11 is 0. The maximum Gasteiger partial charge on any atom is 0.283 e. The number of nitrogens with one attached hydrogen (secondary N) is 2. The van der Waals surface area contributed by atoms with E-state index < -0.39 is 8.56 Å². The first-order valence-corrected chi connectivity index (χ1v) is 7.45. The van der Waals surface area contributed by atoms with Crippen molar-refractivity contribution in [3.05, 3.63) is 0 Å². The minimum atomic E-state index is -1.54. The van der Waals surface area contributed by atoms with Crippen molar-refractivity contribution in [3.63, 3.8) is 0 Å². The maximum atomic E-state index is 3.65. The molecule has 0 bridgehead atoms. The van der Waals surface area contributed by atoms with Gasteiger partial charge in [-0.05, 0) is 33.2 Å². The van der Waals surface area contributed by atoms with E-state index in [0.29, 0.717) is 0 Å². The lowest BCUT2D eigenvalue weighted by Gasteiger charge is -2.37. The van der Waals surface area contributed by atoms with Gasteiger partial charge in [0.15, 0.2) is 0 Å². The molecule has 4 heteroatoms. The van der Waals surface area contributed by atoms with Crippen LogP contribution in [0.15, 0.2) is 0 Å². The second-order valence-corrected chi connectivity index (χ2v) is 7.39. The molecule has 0 spiro atoms. The Morgan fingerprint density at radius 2 is 1.46 bits per heavy atom. The summed E-state index contributed by atoms with van der Waals surface area (Å²) < 4.78 is 2.36. The van der Waals surface area contributed by atoms with Gasteiger partial charge < -0.3 is 14.5 Å². The van der Waals surface area contributed by atoms with Crippen molar-refractivity contribution in [2.45, 2.75) is 33.2 Å². The zero-order valence-corrected chi connectivity index (χ0v) is 10.8. The van der Waals surface area contributed by atoms with Crippen LogP contribution in [-0.2, 0) is 0 Å². The second kappa shape index (κ2) is 6.54. The molecule has 2 N–H and O–H groups in total. The number of hydrogen-bond donors (Lipinski definition) is 2. The highest BCUT2D eigenvalue weighted by Gasteiger charge is 2.34. The standard InChI is InChI=1S/C9H25N3Si/c1-6-9-13(10-7-2,11-8-3)12(4)5/h10-11H,6-9H2,1-5H3. The topological polar surface area (TPSA) is 27.3 Å². The van der Waals surface area contributed by atoms with Crippen LogP contribution < -0.4 is 9.96 Å². The fourth-order valence-electron chi connectivity index (χ4n) is 1.73. The number of rotatable bonds is 7. The van der Waals surface area contributed by atoms with E-state index in [-0.39, 0.29) is 0 Å². The molecule has 0 unspecified atom stereocenters. The lowest BCUT2D eigenvalue weighted by Crippen LogP contribution is -2.71. The molecular weight excluding hydrogens is 178 g/mol. The van der Waals surface area contributed by atoms with Crippen molar-refractivity contribution >= 4 is 8.56 Å². The lowest BCUT2D eigenvalue weighted by molar-refractivity contribution is 0.548. The Hall–Kier alpha value is 0.0969. The molecule has 0 atom stereocenters. The summed E-state index contributed by atoms with van der Waals surface area (Å²) in [5.74, 6) is 0. The molecule has 0 heterocycles. The summed E-state index contributed by atoms with van der Waals surface area (Å²) in [4.78, 5) is 7.30. The molecule has 0 aromatic rings. The predicted molar refractivity (Wildman–Crippen MR) is 61.9 cm³/mol. The van der Waals surface area contributed by atoms with Crippen LogP contribution in [0, 0.1) is 0 Å². The molecule has 0 aliphatic carbocycles. The first-order valence-electron chi connectivity index (χ1n) is 5.30. The summed E-state index contributed by atoms with van der Waals surface area (Å²) in [6.07, 6.45) is 1.24. The van der Waals surface area contributed by atoms with E-state index in [0.717, 1.165) is 13.1 Å². The fraction of sp³-hybridized carbons (Fsp3) is 1.00. The summed E-state index contributed by atoms with van der Waals surface area (Å²) in [5, 5.41) is 0. The van der Waals surface area contributed by atoms with E-state index >= 15 is 0 Å². The summed E-state index contributed by atoms with van der Waals surface area (Å²) in [5.41, 5.74) is 0. The van der Waals surface area contributed by atoms with Crippen LogP contribution in [0.2, 0.25) is 6.04 Å². The molecule has 0 aromatic heterocycles. The summed E-state index contributed by atoms with van der Waals surface area (Å²) in [6.45, 7) is 8.71. The molecule has 0 fully saturated rings. The Morgan fingerprint density at radius 3 is 1.69 bits per heavy atom. The van der Waals surface area contributed by atoms with Crippen molar-refractivity contribution in [1.29, 1.82) is 0 Å². The first-order chi connectivity index (χ1) is 6.13. The van der Waals surface area contributed by atoms with Gasteiger partial charge in [-0.1, -0.05) is 27.2 Å². The van der Waals surface area contributed by atoms with Crippen LogP contribution in [-0.4, -0.2) is 40.3 Å². The van der Waals surface area contributed by atoms with Crippen molar-refractivity contribution in [3.8, 4) is 0 Å². The molecule has 80 valence electrons. The molecule has 3 nitrogen and oxygen atoms in total. The van der Waals surface area contributed by atoms with E-state index in [1.54, 1.807) is 0 Å². The largest absolute Gasteiger partial charge is 0.313 e. The highest BCUT2D eigenvalue weighted by molar-refractivity contribution is 6.72. The van der Waals surface area contributed by atoms with Gasteiger partial charge in [0.2, 0.25) is 0 Å². The third-order valence-electron chi connectivity index (χ3n) is 2.31. The van der Waals surface area contributed by atoms with E-state index in [9.17, 15) is 0 Å². The fourth-order valence-corrected chi connectivity index (χ4v) is 5.18. The van der Waals surface area contributed by atoms with Gasteiger partial charge in [0.25, 0.3) is 8.56 Å². The van der Waals surface area contributed by atoms with Gasteiger partial charge in [0, 0.05) is 0 Å². The zero-order valence-electron chi connectivity index (χ0n) is 9.78. The zero-order chi connectivity index (χ0) is 10.3. The van der Waals surface area contributed by atoms with Crippen molar-refractivity contribution < 1.29 is 0 Å². The van der Waals surface area contributed by atoms with Gasteiger partial charge in [0.05, 0.1) is 0 Å². The van der Waals surface area contributed by atoms with Crippen LogP contribution in [0.4, 0.5) is 0 Å². The molecule has 0 radical (unpaired) electrons. The van der Waals surface area contributed by atoms with Gasteiger partial charge in [-0.25, -0.2) is 0 Å². The van der Waals surface area contributed by atoms with Gasteiger partial charge in [-0.15, -0.1) is 0 Å². The molecule has 0 aliphatic heterocycles. The Balaban J connectivity index is 4.38. The monoisotopic (exact) mass is 203 g/mol. The van der Waals surface area contributed by atoms with Gasteiger partial charge >= 0.3 is 0 Å².